The molecule has 0 spiro atoms. The molecule has 0 atom stereocenters. The number of hydrogen-bond acceptors (Lipinski definition) is 7. The van der Waals surface area contributed by atoms with Crippen LogP contribution in [0.15, 0.2) is 6.20 Å². The van der Waals surface area contributed by atoms with Crippen LogP contribution in [0, 0.1) is 0 Å². The highest BCUT2D eigenvalue weighted by Gasteiger charge is 2.24. The molecule has 0 unspecified atom stereocenters. The molecule has 0 aliphatic carbocycles. The first-order valence-electron chi connectivity index (χ1n) is 7.06. The first-order chi connectivity index (χ1) is 10.5. The molecular weight excluding hydrogens is 344 g/mol. The highest BCUT2D eigenvalue weighted by Crippen LogP contribution is 2.17. The van der Waals surface area contributed by atoms with Crippen molar-refractivity contribution in [1.82, 2.24) is 14.6 Å². The zero-order valence-corrected chi connectivity index (χ0v) is 14.8. The second-order valence-corrected chi connectivity index (χ2v) is 8.99. The van der Waals surface area contributed by atoms with Crippen LogP contribution in [0.1, 0.15) is 16.6 Å². The van der Waals surface area contributed by atoms with Crippen molar-refractivity contribution in [3.8, 4) is 0 Å². The van der Waals surface area contributed by atoms with Gasteiger partial charge in [-0.2, -0.15) is 11.8 Å². The van der Waals surface area contributed by atoms with Gasteiger partial charge in [0.15, 0.2) is 5.13 Å². The minimum atomic E-state index is -3.28. The largest absolute Gasteiger partial charge is 0.362 e. The molecule has 7 nitrogen and oxygen atoms in total. The fourth-order valence-corrected chi connectivity index (χ4v) is 5.24. The number of nitrogens with one attached hydrogen (secondary N) is 2. The number of hydrogen-bond donors (Lipinski definition) is 2. The van der Waals surface area contributed by atoms with Gasteiger partial charge >= 0.3 is 0 Å². The minimum absolute atomic E-state index is 0.0672. The van der Waals surface area contributed by atoms with Gasteiger partial charge in [-0.15, -0.1) is 0 Å². The molecule has 2 N–H and O–H groups in total. The van der Waals surface area contributed by atoms with Gasteiger partial charge in [0, 0.05) is 37.7 Å². The van der Waals surface area contributed by atoms with Crippen LogP contribution >= 0.6 is 23.1 Å². The number of rotatable bonds is 7. The summed E-state index contributed by atoms with van der Waals surface area (Å²) in [6, 6.07) is 0. The molecule has 1 aliphatic heterocycles. The Kier molecular flexibility index (Phi) is 6.48. The van der Waals surface area contributed by atoms with E-state index in [9.17, 15) is 13.2 Å². The number of amides is 1. The normalized spacial score (nSPS) is 16.4. The number of carbonyl (C=O) groups is 1. The van der Waals surface area contributed by atoms with Crippen LogP contribution in [-0.2, 0) is 10.0 Å². The van der Waals surface area contributed by atoms with Gasteiger partial charge in [0.2, 0.25) is 10.0 Å². The summed E-state index contributed by atoms with van der Waals surface area (Å²) >= 11 is 3.01. The third-order valence-corrected chi connectivity index (χ3v) is 6.83. The van der Waals surface area contributed by atoms with E-state index < -0.39 is 10.0 Å². The lowest BCUT2D eigenvalue weighted by Crippen LogP contribution is -2.41. The Labute approximate surface area is 138 Å². The highest BCUT2D eigenvalue weighted by molar-refractivity contribution is 7.99. The van der Waals surface area contributed by atoms with Gasteiger partial charge in [-0.3, -0.25) is 4.79 Å². The van der Waals surface area contributed by atoms with Crippen LogP contribution in [0.3, 0.4) is 0 Å². The summed E-state index contributed by atoms with van der Waals surface area (Å²) in [5.74, 6) is 1.31. The third-order valence-electron chi connectivity index (χ3n) is 3.07. The lowest BCUT2D eigenvalue weighted by molar-refractivity contribution is 0.0960. The van der Waals surface area contributed by atoms with Crippen molar-refractivity contribution < 1.29 is 13.2 Å². The molecule has 124 valence electrons. The molecule has 22 heavy (non-hydrogen) atoms. The number of thioether (sulfide) groups is 1. The molecule has 2 heterocycles. The second kappa shape index (κ2) is 8.14. The molecule has 0 saturated carbocycles. The van der Waals surface area contributed by atoms with Crippen molar-refractivity contribution in [3.05, 3.63) is 11.1 Å². The maximum atomic E-state index is 12.1. The molecular formula is C12H20N4O3S3. The van der Waals surface area contributed by atoms with E-state index in [2.05, 4.69) is 15.6 Å². The molecule has 2 rings (SSSR count). The van der Waals surface area contributed by atoms with Crippen LogP contribution in [0.25, 0.3) is 0 Å². The van der Waals surface area contributed by atoms with E-state index in [0.717, 1.165) is 18.1 Å². The van der Waals surface area contributed by atoms with Gasteiger partial charge < -0.3 is 10.6 Å². The van der Waals surface area contributed by atoms with E-state index in [4.69, 9.17) is 0 Å². The molecule has 1 amide bonds. The van der Waals surface area contributed by atoms with E-state index in [-0.39, 0.29) is 18.2 Å². The quantitative estimate of drug-likeness (QED) is 0.739. The zero-order chi connectivity index (χ0) is 16.0. The van der Waals surface area contributed by atoms with E-state index in [1.165, 1.54) is 21.8 Å². The van der Waals surface area contributed by atoms with Crippen molar-refractivity contribution in [2.45, 2.75) is 6.92 Å². The van der Waals surface area contributed by atoms with Crippen LogP contribution < -0.4 is 10.6 Å². The molecule has 1 saturated heterocycles. The number of anilines is 1. The topological polar surface area (TPSA) is 91.4 Å². The molecule has 1 aromatic rings. The molecule has 0 radical (unpaired) electrons. The average Bonchev–Trinajstić information content (AvgIpc) is 2.97. The van der Waals surface area contributed by atoms with Gasteiger partial charge in [0.1, 0.15) is 4.88 Å². The Morgan fingerprint density at radius 3 is 2.82 bits per heavy atom. The smallest absolute Gasteiger partial charge is 0.263 e. The Bertz CT molecular complexity index is 597. The standard InChI is InChI=1S/C12H20N4O3S3/c1-2-13-12-15-9-10(21-12)11(17)14-3-8-22(18,19)16-4-6-20-7-5-16/h9H,2-8H2,1H3,(H,13,15)(H,14,17). The minimum Gasteiger partial charge on any atom is -0.362 e. The summed E-state index contributed by atoms with van der Waals surface area (Å²) in [5, 5.41) is 6.36. The van der Waals surface area contributed by atoms with Crippen molar-refractivity contribution in [1.29, 1.82) is 0 Å². The van der Waals surface area contributed by atoms with Gasteiger partial charge in [-0.25, -0.2) is 17.7 Å². The first kappa shape index (κ1) is 17.5. The summed E-state index contributed by atoms with van der Waals surface area (Å²) in [5.41, 5.74) is 0. The van der Waals surface area contributed by atoms with E-state index in [0.29, 0.717) is 23.1 Å². The summed E-state index contributed by atoms with van der Waals surface area (Å²) in [6.07, 6.45) is 1.49. The molecule has 1 aliphatic rings. The van der Waals surface area contributed by atoms with Gasteiger partial charge in [-0.05, 0) is 6.92 Å². The maximum Gasteiger partial charge on any atom is 0.263 e. The SMILES string of the molecule is CCNc1ncc(C(=O)NCCS(=O)(=O)N2CCSCC2)s1. The summed E-state index contributed by atoms with van der Waals surface area (Å²) < 4.78 is 25.8. The van der Waals surface area contributed by atoms with Crippen molar-refractivity contribution in [2.75, 3.05) is 48.8 Å². The predicted octanol–water partition coefficient (Wildman–Crippen LogP) is 0.683. The van der Waals surface area contributed by atoms with Crippen LogP contribution in [0.2, 0.25) is 0 Å². The van der Waals surface area contributed by atoms with E-state index in [1.807, 2.05) is 6.92 Å². The Hall–Kier alpha value is -0.840. The molecule has 0 aromatic carbocycles. The summed E-state index contributed by atoms with van der Waals surface area (Å²) in [6.45, 7) is 3.91. The monoisotopic (exact) mass is 364 g/mol. The van der Waals surface area contributed by atoms with Crippen LogP contribution in [-0.4, -0.2) is 67.1 Å². The van der Waals surface area contributed by atoms with Crippen molar-refractivity contribution in [3.63, 3.8) is 0 Å². The van der Waals surface area contributed by atoms with Crippen molar-refractivity contribution in [2.24, 2.45) is 0 Å². The summed E-state index contributed by atoms with van der Waals surface area (Å²) in [7, 11) is -3.28. The van der Waals surface area contributed by atoms with Crippen LogP contribution in [0.5, 0.6) is 0 Å². The maximum absolute atomic E-state index is 12.1. The Morgan fingerprint density at radius 1 is 1.41 bits per heavy atom. The second-order valence-electron chi connectivity index (χ2n) is 4.64. The number of thiazole rings is 1. The Balaban J connectivity index is 1.80. The van der Waals surface area contributed by atoms with Gasteiger partial charge in [0.25, 0.3) is 5.91 Å². The molecule has 0 bridgehead atoms. The number of carbonyl (C=O) groups excluding carboxylic acids is 1. The number of nitrogens with zero attached hydrogens (tertiary/aromatic N) is 2. The number of aromatic nitrogens is 1. The zero-order valence-electron chi connectivity index (χ0n) is 12.4. The van der Waals surface area contributed by atoms with Crippen molar-refractivity contribution >= 4 is 44.2 Å². The first-order valence-corrected chi connectivity index (χ1v) is 10.6. The molecule has 10 heteroatoms. The highest BCUT2D eigenvalue weighted by atomic mass is 32.2. The van der Waals surface area contributed by atoms with E-state index >= 15 is 0 Å². The fraction of sp³-hybridized carbons (Fsp3) is 0.667. The fourth-order valence-electron chi connectivity index (χ4n) is 1.95. The van der Waals surface area contributed by atoms with Gasteiger partial charge in [0.05, 0.1) is 11.9 Å². The average molecular weight is 365 g/mol. The lowest BCUT2D eigenvalue weighted by atomic mass is 10.5. The third kappa shape index (κ3) is 4.83. The van der Waals surface area contributed by atoms with Crippen LogP contribution in [0.4, 0.5) is 5.13 Å². The molecule has 1 aromatic heterocycles. The molecule has 1 fully saturated rings. The predicted molar refractivity (Wildman–Crippen MR) is 91.3 cm³/mol. The number of sulfonamides is 1. The Morgan fingerprint density at radius 2 is 2.14 bits per heavy atom. The van der Waals surface area contributed by atoms with Gasteiger partial charge in [-0.1, -0.05) is 11.3 Å². The van der Waals surface area contributed by atoms with E-state index in [1.54, 1.807) is 11.8 Å². The summed E-state index contributed by atoms with van der Waals surface area (Å²) in [4.78, 5) is 16.5. The lowest BCUT2D eigenvalue weighted by Gasteiger charge is -2.25.